The van der Waals surface area contributed by atoms with Crippen LogP contribution in [0.4, 0.5) is 4.79 Å². The Labute approximate surface area is 119 Å². The summed E-state index contributed by atoms with van der Waals surface area (Å²) in [7, 11) is 0. The fourth-order valence-electron chi connectivity index (χ4n) is 3.39. The number of amides is 2. The van der Waals surface area contributed by atoms with E-state index in [0.29, 0.717) is 18.4 Å². The number of β-amino-alcohol motifs (C(OH)–C–C–N with tert-alkyl or cyclic N) is 1. The van der Waals surface area contributed by atoms with Gasteiger partial charge >= 0.3 is 12.0 Å². The number of carboxylic acids is 1. The summed E-state index contributed by atoms with van der Waals surface area (Å²) in [5.41, 5.74) is 0. The molecule has 6 nitrogen and oxygen atoms in total. The van der Waals surface area contributed by atoms with Crippen molar-refractivity contribution >= 4 is 12.0 Å². The summed E-state index contributed by atoms with van der Waals surface area (Å²) >= 11 is 0. The van der Waals surface area contributed by atoms with Crippen molar-refractivity contribution in [3.8, 4) is 0 Å². The minimum absolute atomic E-state index is 0.103. The highest BCUT2D eigenvalue weighted by molar-refractivity contribution is 5.83. The van der Waals surface area contributed by atoms with Crippen LogP contribution in [0, 0.1) is 11.8 Å². The fourth-order valence-corrected chi connectivity index (χ4v) is 3.39. The van der Waals surface area contributed by atoms with Gasteiger partial charge in [0.15, 0.2) is 0 Å². The van der Waals surface area contributed by atoms with Crippen molar-refractivity contribution in [3.05, 3.63) is 0 Å². The van der Waals surface area contributed by atoms with Gasteiger partial charge in [0.05, 0.1) is 6.10 Å². The van der Waals surface area contributed by atoms with E-state index in [-0.39, 0.29) is 25.0 Å². The van der Waals surface area contributed by atoms with Crippen LogP contribution in [0.1, 0.15) is 33.6 Å². The predicted molar refractivity (Wildman–Crippen MR) is 73.3 cm³/mol. The van der Waals surface area contributed by atoms with E-state index < -0.39 is 18.1 Å². The van der Waals surface area contributed by atoms with Gasteiger partial charge in [0.1, 0.15) is 6.04 Å². The Kier molecular flexibility index (Phi) is 4.22. The monoisotopic (exact) mass is 284 g/mol. The van der Waals surface area contributed by atoms with Crippen LogP contribution in [0.25, 0.3) is 0 Å². The summed E-state index contributed by atoms with van der Waals surface area (Å²) in [5, 5.41) is 18.9. The molecule has 0 aromatic heterocycles. The molecule has 0 aliphatic carbocycles. The Morgan fingerprint density at radius 2 is 1.70 bits per heavy atom. The zero-order chi connectivity index (χ0) is 15.0. The normalized spacial score (nSPS) is 38.1. The molecule has 2 saturated heterocycles. The lowest BCUT2D eigenvalue weighted by Gasteiger charge is -2.43. The zero-order valence-electron chi connectivity index (χ0n) is 12.3. The van der Waals surface area contributed by atoms with Gasteiger partial charge in [-0.3, -0.25) is 0 Å². The topological polar surface area (TPSA) is 81.1 Å². The molecule has 2 aliphatic heterocycles. The first-order valence-electron chi connectivity index (χ1n) is 7.29. The minimum atomic E-state index is -1.04. The summed E-state index contributed by atoms with van der Waals surface area (Å²) in [6.07, 6.45) is 0.458. The number of carboxylic acid groups (broad SMARTS) is 1. The van der Waals surface area contributed by atoms with Gasteiger partial charge < -0.3 is 20.0 Å². The molecule has 0 bridgehead atoms. The molecule has 20 heavy (non-hydrogen) atoms. The smallest absolute Gasteiger partial charge is 0.326 e. The number of hydrogen-bond donors (Lipinski definition) is 2. The molecule has 2 aliphatic rings. The first-order valence-corrected chi connectivity index (χ1v) is 7.29. The molecule has 0 saturated carbocycles. The van der Waals surface area contributed by atoms with E-state index in [0.717, 1.165) is 6.42 Å². The van der Waals surface area contributed by atoms with Crippen molar-refractivity contribution in [1.82, 2.24) is 9.80 Å². The number of carbonyl (C=O) groups excluding carboxylic acids is 1. The molecule has 0 spiro atoms. The maximum atomic E-state index is 12.6. The van der Waals surface area contributed by atoms with Gasteiger partial charge in [-0.2, -0.15) is 0 Å². The number of carbonyl (C=O) groups is 2. The number of piperidine rings is 1. The Morgan fingerprint density at radius 3 is 2.30 bits per heavy atom. The average molecular weight is 284 g/mol. The number of rotatable bonds is 1. The van der Waals surface area contributed by atoms with Crippen LogP contribution in [0.2, 0.25) is 0 Å². The van der Waals surface area contributed by atoms with Gasteiger partial charge in [-0.15, -0.1) is 0 Å². The molecule has 2 amide bonds. The van der Waals surface area contributed by atoms with Crippen molar-refractivity contribution in [3.63, 3.8) is 0 Å². The second-order valence-electron chi connectivity index (χ2n) is 6.39. The molecule has 5 unspecified atom stereocenters. The number of hydrogen-bond acceptors (Lipinski definition) is 3. The molecule has 0 aromatic carbocycles. The second-order valence-corrected chi connectivity index (χ2v) is 6.39. The highest BCUT2D eigenvalue weighted by Gasteiger charge is 2.43. The lowest BCUT2D eigenvalue weighted by Crippen LogP contribution is -2.55. The molecule has 2 heterocycles. The van der Waals surface area contributed by atoms with Crippen molar-refractivity contribution in [2.24, 2.45) is 11.8 Å². The van der Waals surface area contributed by atoms with Gasteiger partial charge in [0, 0.05) is 25.6 Å². The summed E-state index contributed by atoms with van der Waals surface area (Å²) in [6, 6.07) is -1.05. The average Bonchev–Trinajstić information content (AvgIpc) is 2.75. The molecular formula is C14H24N2O4. The van der Waals surface area contributed by atoms with E-state index in [1.807, 2.05) is 6.92 Å². The Morgan fingerprint density at radius 1 is 1.05 bits per heavy atom. The van der Waals surface area contributed by atoms with Crippen molar-refractivity contribution in [2.45, 2.75) is 51.8 Å². The van der Waals surface area contributed by atoms with E-state index in [1.165, 1.54) is 4.90 Å². The lowest BCUT2D eigenvalue weighted by molar-refractivity contribution is -0.141. The van der Waals surface area contributed by atoms with Gasteiger partial charge in [0.2, 0.25) is 0 Å². The third kappa shape index (κ3) is 2.75. The van der Waals surface area contributed by atoms with Crippen molar-refractivity contribution in [2.75, 3.05) is 13.1 Å². The standard InChI is InChI=1S/C14H24N2O4/c1-8-4-9(2)10(3)15(6-8)14(20)16-7-11(17)5-12(16)13(18)19/h8-12,17H,4-7H2,1-3H3,(H,18,19). The molecular weight excluding hydrogens is 260 g/mol. The number of aliphatic hydroxyl groups excluding tert-OH is 1. The van der Waals surface area contributed by atoms with E-state index in [4.69, 9.17) is 0 Å². The van der Waals surface area contributed by atoms with Gasteiger partial charge in [-0.1, -0.05) is 13.8 Å². The quantitative estimate of drug-likeness (QED) is 0.752. The first-order chi connectivity index (χ1) is 9.31. The van der Waals surface area contributed by atoms with Crippen LogP contribution in [-0.2, 0) is 4.79 Å². The van der Waals surface area contributed by atoms with E-state index in [2.05, 4.69) is 13.8 Å². The number of aliphatic hydroxyl groups is 1. The molecule has 5 atom stereocenters. The second kappa shape index (κ2) is 5.60. The van der Waals surface area contributed by atoms with Gasteiger partial charge in [-0.25, -0.2) is 9.59 Å². The zero-order valence-corrected chi connectivity index (χ0v) is 12.3. The highest BCUT2D eigenvalue weighted by atomic mass is 16.4. The van der Waals surface area contributed by atoms with Crippen LogP contribution in [0.3, 0.4) is 0 Å². The highest BCUT2D eigenvalue weighted by Crippen LogP contribution is 2.29. The summed E-state index contributed by atoms with van der Waals surface area (Å²) in [5.74, 6) is -0.222. The van der Waals surface area contributed by atoms with E-state index in [1.54, 1.807) is 4.90 Å². The lowest BCUT2D eigenvalue weighted by atomic mass is 9.86. The molecule has 2 N–H and O–H groups in total. The maximum Gasteiger partial charge on any atom is 0.326 e. The van der Waals surface area contributed by atoms with Gasteiger partial charge in [0.25, 0.3) is 0 Å². The third-order valence-corrected chi connectivity index (χ3v) is 4.65. The molecule has 2 fully saturated rings. The maximum absolute atomic E-state index is 12.6. The Bertz CT molecular complexity index is 401. The third-order valence-electron chi connectivity index (χ3n) is 4.65. The summed E-state index contributed by atoms with van der Waals surface area (Å²) in [4.78, 5) is 27.0. The van der Waals surface area contributed by atoms with E-state index in [9.17, 15) is 19.8 Å². The van der Waals surface area contributed by atoms with Crippen LogP contribution in [0.5, 0.6) is 0 Å². The minimum Gasteiger partial charge on any atom is -0.480 e. The van der Waals surface area contributed by atoms with Crippen LogP contribution in [-0.4, -0.2) is 63.3 Å². The van der Waals surface area contributed by atoms with Crippen molar-refractivity contribution < 1.29 is 19.8 Å². The largest absolute Gasteiger partial charge is 0.480 e. The Hall–Kier alpha value is -1.30. The molecule has 0 aromatic rings. The number of likely N-dealkylation sites (tertiary alicyclic amines) is 2. The van der Waals surface area contributed by atoms with E-state index >= 15 is 0 Å². The van der Waals surface area contributed by atoms with Gasteiger partial charge in [-0.05, 0) is 25.2 Å². The number of nitrogens with zero attached hydrogens (tertiary/aromatic N) is 2. The Balaban J connectivity index is 2.15. The summed E-state index contributed by atoms with van der Waals surface area (Å²) < 4.78 is 0. The SMILES string of the molecule is CC1CC(C)C(C)N(C(=O)N2CC(O)CC2C(=O)O)C1. The fraction of sp³-hybridized carbons (Fsp3) is 0.857. The van der Waals surface area contributed by atoms with Crippen molar-refractivity contribution in [1.29, 1.82) is 0 Å². The summed E-state index contributed by atoms with van der Waals surface area (Å²) in [6.45, 7) is 7.01. The predicted octanol–water partition coefficient (Wildman–Crippen LogP) is 0.993. The first kappa shape index (κ1) is 15.1. The molecule has 6 heteroatoms. The number of urea groups is 1. The number of aliphatic carboxylic acids is 1. The van der Waals surface area contributed by atoms with Crippen LogP contribution < -0.4 is 0 Å². The van der Waals surface area contributed by atoms with Crippen LogP contribution >= 0.6 is 0 Å². The van der Waals surface area contributed by atoms with Crippen LogP contribution in [0.15, 0.2) is 0 Å². The molecule has 0 radical (unpaired) electrons. The molecule has 2 rings (SSSR count). The molecule has 114 valence electrons.